The van der Waals surface area contributed by atoms with Gasteiger partial charge in [-0.25, -0.2) is 0 Å². The molecule has 0 amide bonds. The van der Waals surface area contributed by atoms with Gasteiger partial charge in [0.05, 0.1) is 0 Å². The third-order valence-electron chi connectivity index (χ3n) is 2.69. The van der Waals surface area contributed by atoms with E-state index in [0.29, 0.717) is 0 Å². The maximum absolute atomic E-state index is 2.32. The average Bonchev–Trinajstić information content (AvgIpc) is 2.34. The molecule has 0 aromatic carbocycles. The molecule has 130 valence electrons. The standard InChI is InChI=1S/C9H22P2.C8H20P2/c1-8(2)10-6-5-7-11-9(3)4;1-7(2)9-5-6-10-8(3)4/h8-11H,5-7H2,1-4H3;7-10H,5-6H2,1-4H3. The first kappa shape index (κ1) is 25.0. The van der Waals surface area contributed by atoms with Crippen LogP contribution in [0, 0.1) is 0 Å². The Labute approximate surface area is 143 Å². The Balaban J connectivity index is 0. The molecule has 4 atom stereocenters. The van der Waals surface area contributed by atoms with Crippen molar-refractivity contribution in [2.75, 3.05) is 24.6 Å². The molecular weight excluding hydrogens is 328 g/mol. The van der Waals surface area contributed by atoms with Crippen molar-refractivity contribution in [2.24, 2.45) is 0 Å². The van der Waals surface area contributed by atoms with E-state index in [9.17, 15) is 0 Å². The minimum Gasteiger partial charge on any atom is -0.119 e. The molecule has 0 aromatic rings. The lowest BCUT2D eigenvalue weighted by Gasteiger charge is -2.06. The van der Waals surface area contributed by atoms with E-state index in [1.54, 1.807) is 0 Å². The zero-order chi connectivity index (χ0) is 16.7. The van der Waals surface area contributed by atoms with Crippen LogP contribution in [0.2, 0.25) is 0 Å². The van der Waals surface area contributed by atoms with Crippen molar-refractivity contribution in [1.29, 1.82) is 0 Å². The fourth-order valence-corrected chi connectivity index (χ4v) is 6.17. The second-order valence-corrected chi connectivity index (χ2v) is 15.0. The van der Waals surface area contributed by atoms with Crippen molar-refractivity contribution in [2.45, 2.75) is 84.4 Å². The largest absolute Gasteiger partial charge is 0.119 e. The van der Waals surface area contributed by atoms with E-state index in [2.05, 4.69) is 55.4 Å². The predicted octanol–water partition coefficient (Wildman–Crippen LogP) is 6.71. The smallest absolute Gasteiger partial charge is 0.0293 e. The van der Waals surface area contributed by atoms with Gasteiger partial charge in [-0.2, -0.15) is 0 Å². The molecule has 0 saturated heterocycles. The summed E-state index contributed by atoms with van der Waals surface area (Å²) in [6.07, 6.45) is 7.34. The van der Waals surface area contributed by atoms with Crippen molar-refractivity contribution < 1.29 is 0 Å². The fourth-order valence-electron chi connectivity index (χ4n) is 1.59. The predicted molar refractivity (Wildman–Crippen MR) is 118 cm³/mol. The van der Waals surface area contributed by atoms with Gasteiger partial charge in [0, 0.05) is 0 Å². The summed E-state index contributed by atoms with van der Waals surface area (Å²) in [5.41, 5.74) is 3.71. The topological polar surface area (TPSA) is 0 Å². The highest BCUT2D eigenvalue weighted by Crippen LogP contribution is 2.24. The van der Waals surface area contributed by atoms with Gasteiger partial charge in [-0.1, -0.05) is 55.4 Å². The zero-order valence-corrected chi connectivity index (χ0v) is 19.8. The van der Waals surface area contributed by atoms with Crippen LogP contribution < -0.4 is 0 Å². The molecule has 0 radical (unpaired) electrons. The van der Waals surface area contributed by atoms with Crippen molar-refractivity contribution in [3.05, 3.63) is 0 Å². The molecule has 0 fully saturated rings. The summed E-state index contributed by atoms with van der Waals surface area (Å²) >= 11 is 0. The maximum atomic E-state index is 2.32. The van der Waals surface area contributed by atoms with Crippen molar-refractivity contribution in [1.82, 2.24) is 0 Å². The van der Waals surface area contributed by atoms with Gasteiger partial charge < -0.3 is 0 Å². The second kappa shape index (κ2) is 18.1. The van der Waals surface area contributed by atoms with Crippen LogP contribution in [0.15, 0.2) is 0 Å². The molecule has 0 nitrogen and oxygen atoms in total. The summed E-state index contributed by atoms with van der Waals surface area (Å²) in [6, 6.07) is 0. The van der Waals surface area contributed by atoms with E-state index in [1.165, 1.54) is 65.4 Å². The van der Waals surface area contributed by atoms with Gasteiger partial charge in [-0.05, 0) is 53.7 Å². The van der Waals surface area contributed by atoms with E-state index in [0.717, 1.165) is 22.6 Å². The highest BCUT2D eigenvalue weighted by molar-refractivity contribution is 7.43. The van der Waals surface area contributed by atoms with Crippen molar-refractivity contribution in [3.8, 4) is 0 Å². The highest BCUT2D eigenvalue weighted by atomic mass is 31.1. The van der Waals surface area contributed by atoms with Crippen LogP contribution in [0.25, 0.3) is 0 Å². The summed E-state index contributed by atoms with van der Waals surface area (Å²) in [6.45, 7) is 18.6. The molecule has 0 bridgehead atoms. The average molecular weight is 370 g/mol. The van der Waals surface area contributed by atoms with E-state index in [4.69, 9.17) is 0 Å². The van der Waals surface area contributed by atoms with Crippen LogP contribution in [0.4, 0.5) is 0 Å². The van der Waals surface area contributed by atoms with E-state index in [-0.39, 0.29) is 0 Å². The van der Waals surface area contributed by atoms with Gasteiger partial charge in [0.1, 0.15) is 0 Å². The lowest BCUT2D eigenvalue weighted by Crippen LogP contribution is -1.91. The summed E-state index contributed by atoms with van der Waals surface area (Å²) in [7, 11) is 4.78. The molecule has 4 unspecified atom stereocenters. The summed E-state index contributed by atoms with van der Waals surface area (Å²) in [5.74, 6) is 0. The molecule has 0 aliphatic rings. The Hall–Kier alpha value is 1.72. The third-order valence-corrected chi connectivity index (χ3v) is 8.82. The molecule has 0 rings (SSSR count). The summed E-state index contributed by atoms with van der Waals surface area (Å²) in [4.78, 5) is 0. The Morgan fingerprint density at radius 1 is 0.429 bits per heavy atom. The first-order valence-electron chi connectivity index (χ1n) is 8.69. The van der Waals surface area contributed by atoms with Gasteiger partial charge in [-0.15, -0.1) is 34.3 Å². The molecule has 0 saturated carbocycles. The van der Waals surface area contributed by atoms with E-state index in [1.807, 2.05) is 0 Å². The molecule has 0 N–H and O–H groups in total. The van der Waals surface area contributed by atoms with Crippen molar-refractivity contribution >= 4 is 34.3 Å². The highest BCUT2D eigenvalue weighted by Gasteiger charge is 1.96. The SMILES string of the molecule is CC(C)PCCCPC(C)C.CC(C)PCCPC(C)C. The van der Waals surface area contributed by atoms with Gasteiger partial charge in [-0.3, -0.25) is 0 Å². The monoisotopic (exact) mass is 370 g/mol. The quantitative estimate of drug-likeness (QED) is 0.280. The van der Waals surface area contributed by atoms with Crippen LogP contribution in [0.1, 0.15) is 61.8 Å². The fraction of sp³-hybridized carbons (Fsp3) is 1.00. The van der Waals surface area contributed by atoms with Crippen LogP contribution in [-0.2, 0) is 0 Å². The number of hydrogen-bond acceptors (Lipinski definition) is 0. The Kier molecular flexibility index (Phi) is 21.5. The van der Waals surface area contributed by atoms with E-state index >= 15 is 0 Å². The lowest BCUT2D eigenvalue weighted by atomic mass is 10.5. The van der Waals surface area contributed by atoms with Crippen LogP contribution in [0.5, 0.6) is 0 Å². The lowest BCUT2D eigenvalue weighted by molar-refractivity contribution is 1.04. The maximum Gasteiger partial charge on any atom is -0.0293 e. The van der Waals surface area contributed by atoms with Crippen molar-refractivity contribution in [3.63, 3.8) is 0 Å². The molecule has 0 heterocycles. The van der Waals surface area contributed by atoms with Crippen LogP contribution in [-0.4, -0.2) is 47.3 Å². The second-order valence-electron chi connectivity index (χ2n) is 6.79. The Morgan fingerprint density at radius 3 is 0.905 bits per heavy atom. The minimum atomic E-state index is 0.928. The zero-order valence-electron chi connectivity index (χ0n) is 15.8. The van der Waals surface area contributed by atoms with Gasteiger partial charge in [0.15, 0.2) is 0 Å². The number of rotatable bonds is 11. The first-order valence-corrected chi connectivity index (χ1v) is 13.8. The Bertz CT molecular complexity index is 171. The Morgan fingerprint density at radius 2 is 0.667 bits per heavy atom. The first-order chi connectivity index (χ1) is 9.75. The summed E-state index contributed by atoms with van der Waals surface area (Å²) < 4.78 is 0. The molecule has 0 spiro atoms. The van der Waals surface area contributed by atoms with Crippen LogP contribution in [0.3, 0.4) is 0 Å². The summed E-state index contributed by atoms with van der Waals surface area (Å²) in [5, 5.41) is 0. The molecule has 4 heteroatoms. The van der Waals surface area contributed by atoms with Crippen LogP contribution >= 0.6 is 34.3 Å². The normalized spacial score (nSPS) is 13.7. The minimum absolute atomic E-state index is 0.928. The van der Waals surface area contributed by atoms with Gasteiger partial charge in [0.2, 0.25) is 0 Å². The van der Waals surface area contributed by atoms with Gasteiger partial charge >= 0.3 is 0 Å². The molecule has 0 aromatic heterocycles. The third kappa shape index (κ3) is 30.2. The molecule has 0 aliphatic carbocycles. The molecule has 21 heavy (non-hydrogen) atoms. The van der Waals surface area contributed by atoms with E-state index < -0.39 is 0 Å². The number of hydrogen-bond donors (Lipinski definition) is 0. The molecule has 0 aliphatic heterocycles. The van der Waals surface area contributed by atoms with Gasteiger partial charge in [0.25, 0.3) is 0 Å². The molecular formula is C17H42P4.